The fourth-order valence-electron chi connectivity index (χ4n) is 4.38. The quantitative estimate of drug-likeness (QED) is 0.501. The molecule has 3 N–H and O–H groups in total. The molecule has 5 atom stereocenters. The molecule has 4 unspecified atom stereocenters. The Morgan fingerprint density at radius 3 is 2.42 bits per heavy atom. The molecule has 2 rings (SSSR count). The van der Waals surface area contributed by atoms with E-state index >= 15 is 0 Å². The summed E-state index contributed by atoms with van der Waals surface area (Å²) in [7, 11) is 0. The van der Waals surface area contributed by atoms with Crippen LogP contribution in [0, 0.1) is 23.7 Å². The first-order valence-corrected chi connectivity index (χ1v) is 9.21. The molecule has 0 bridgehead atoms. The number of alkyl halides is 3. The largest absolute Gasteiger partial charge is 0.481 e. The first kappa shape index (κ1) is 21.3. The summed E-state index contributed by atoms with van der Waals surface area (Å²) in [5.41, 5.74) is 0.506. The highest BCUT2D eigenvalue weighted by Crippen LogP contribution is 2.42. The molecule has 2 aliphatic rings. The first-order valence-electron chi connectivity index (χ1n) is 9.21. The lowest BCUT2D eigenvalue weighted by atomic mass is 9.90. The Balaban J connectivity index is 2.20. The van der Waals surface area contributed by atoms with Gasteiger partial charge in [-0.25, -0.2) is 0 Å². The maximum Gasteiger partial charge on any atom is 0.428 e. The van der Waals surface area contributed by atoms with E-state index in [-0.39, 0.29) is 30.2 Å². The minimum Gasteiger partial charge on any atom is -0.481 e. The third-order valence-electron chi connectivity index (χ3n) is 5.73. The smallest absolute Gasteiger partial charge is 0.428 e. The first-order chi connectivity index (χ1) is 12.0. The van der Waals surface area contributed by atoms with Crippen LogP contribution in [0.25, 0.3) is 0 Å². The van der Waals surface area contributed by atoms with Crippen molar-refractivity contribution in [2.24, 2.45) is 23.7 Å². The number of aliphatic hydroxyl groups is 3. The molecule has 0 aromatic carbocycles. The summed E-state index contributed by atoms with van der Waals surface area (Å²) >= 11 is 0. The number of ether oxygens (including phenoxy) is 1. The molecular formula is C18H30F3NO4. The molecule has 0 aromatic rings. The highest BCUT2D eigenvalue weighted by molar-refractivity contribution is 5.14. The lowest BCUT2D eigenvalue weighted by Gasteiger charge is -2.42. The van der Waals surface area contributed by atoms with Gasteiger partial charge in [-0.05, 0) is 42.9 Å². The van der Waals surface area contributed by atoms with Crippen LogP contribution in [0.4, 0.5) is 13.2 Å². The van der Waals surface area contributed by atoms with Crippen molar-refractivity contribution < 1.29 is 33.2 Å². The molecule has 0 radical (unpaired) electrons. The number of aliphatic hydroxyl groups excluding tert-OH is 2. The summed E-state index contributed by atoms with van der Waals surface area (Å²) in [6, 6.07) is -0.423. The molecule has 1 aliphatic heterocycles. The molecule has 0 aromatic heterocycles. The van der Waals surface area contributed by atoms with Crippen molar-refractivity contribution in [2.45, 2.75) is 58.5 Å². The summed E-state index contributed by atoms with van der Waals surface area (Å²) in [4.78, 5) is 1.15. The van der Waals surface area contributed by atoms with Crippen LogP contribution >= 0.6 is 0 Å². The van der Waals surface area contributed by atoms with Gasteiger partial charge in [0, 0.05) is 24.8 Å². The van der Waals surface area contributed by atoms with Crippen molar-refractivity contribution in [3.63, 3.8) is 0 Å². The zero-order chi connectivity index (χ0) is 19.6. The van der Waals surface area contributed by atoms with E-state index in [1.165, 1.54) is 0 Å². The number of hydrogen-bond donors (Lipinski definition) is 3. The van der Waals surface area contributed by atoms with Gasteiger partial charge in [-0.1, -0.05) is 20.8 Å². The third-order valence-corrected chi connectivity index (χ3v) is 5.73. The van der Waals surface area contributed by atoms with Crippen LogP contribution in [-0.2, 0) is 4.74 Å². The van der Waals surface area contributed by atoms with Crippen molar-refractivity contribution in [1.29, 1.82) is 0 Å². The maximum atomic E-state index is 13.3. The average molecular weight is 381 g/mol. The van der Waals surface area contributed by atoms with Crippen LogP contribution in [-0.4, -0.2) is 58.4 Å². The SMILES string of the molecule is CC(C)C1C[C@@H](CN(C2CCOCC2C)C(O)C(F)(F)F)CC1=C(O)O. The topological polar surface area (TPSA) is 73.2 Å². The third kappa shape index (κ3) is 4.84. The van der Waals surface area contributed by atoms with Gasteiger partial charge in [0.05, 0.1) is 6.61 Å². The Kier molecular flexibility index (Phi) is 6.85. The zero-order valence-electron chi connectivity index (χ0n) is 15.5. The summed E-state index contributed by atoms with van der Waals surface area (Å²) in [6.07, 6.45) is -5.91. The minimum atomic E-state index is -4.73. The zero-order valence-corrected chi connectivity index (χ0v) is 15.5. The number of nitrogens with zero attached hydrogens (tertiary/aromatic N) is 1. The monoisotopic (exact) mass is 381 g/mol. The number of rotatable bonds is 5. The van der Waals surface area contributed by atoms with Gasteiger partial charge in [-0.2, -0.15) is 13.2 Å². The van der Waals surface area contributed by atoms with Crippen molar-refractivity contribution in [2.75, 3.05) is 19.8 Å². The number of halogens is 3. The predicted octanol–water partition coefficient (Wildman–Crippen LogP) is 3.60. The van der Waals surface area contributed by atoms with Crippen molar-refractivity contribution in [3.8, 4) is 0 Å². The summed E-state index contributed by atoms with van der Waals surface area (Å²) in [5.74, 6) is -0.911. The summed E-state index contributed by atoms with van der Waals surface area (Å²) < 4.78 is 45.1. The van der Waals surface area contributed by atoms with Crippen molar-refractivity contribution in [3.05, 3.63) is 11.5 Å². The molecule has 1 aliphatic carbocycles. The van der Waals surface area contributed by atoms with Gasteiger partial charge in [0.25, 0.3) is 5.95 Å². The molecule has 8 heteroatoms. The molecule has 26 heavy (non-hydrogen) atoms. The fraction of sp³-hybridized carbons (Fsp3) is 0.889. The van der Waals surface area contributed by atoms with E-state index in [1.807, 2.05) is 20.8 Å². The van der Waals surface area contributed by atoms with Gasteiger partial charge in [0.1, 0.15) is 0 Å². The Labute approximate surface area is 152 Å². The molecule has 0 spiro atoms. The van der Waals surface area contributed by atoms with Crippen molar-refractivity contribution >= 4 is 0 Å². The average Bonchev–Trinajstić information content (AvgIpc) is 2.96. The van der Waals surface area contributed by atoms with Gasteiger partial charge < -0.3 is 20.1 Å². The molecule has 152 valence electrons. The Hall–Kier alpha value is -0.990. The molecule has 1 heterocycles. The number of hydrogen-bond acceptors (Lipinski definition) is 5. The molecule has 0 amide bonds. The van der Waals surface area contributed by atoms with E-state index in [4.69, 9.17) is 4.74 Å². The van der Waals surface area contributed by atoms with Gasteiger partial charge in [-0.15, -0.1) is 0 Å². The molecular weight excluding hydrogens is 351 g/mol. The lowest BCUT2D eigenvalue weighted by molar-refractivity contribution is -0.264. The highest BCUT2D eigenvalue weighted by atomic mass is 19.4. The van der Waals surface area contributed by atoms with E-state index in [1.54, 1.807) is 0 Å². The van der Waals surface area contributed by atoms with E-state index in [0.717, 1.165) is 4.90 Å². The standard InChI is InChI=1S/C18H30F3NO4/c1-10(2)13-6-12(7-14(13)16(23)24)8-22(17(25)18(19,20)21)15-4-5-26-9-11(15)3/h10-13,15,17,23-25H,4-9H2,1-3H3/t11?,12-,13?,15?,17?/m1/s1. The molecule has 1 saturated carbocycles. The second-order valence-electron chi connectivity index (χ2n) is 8.03. The lowest BCUT2D eigenvalue weighted by Crippen LogP contribution is -2.56. The van der Waals surface area contributed by atoms with Crippen LogP contribution in [0.1, 0.15) is 40.0 Å². The number of allylic oxidation sites excluding steroid dienone is 1. The predicted molar refractivity (Wildman–Crippen MR) is 90.5 cm³/mol. The maximum absolute atomic E-state index is 13.3. The normalized spacial score (nSPS) is 31.7. The van der Waals surface area contributed by atoms with E-state index in [2.05, 4.69) is 0 Å². The van der Waals surface area contributed by atoms with Crippen LogP contribution in [0.5, 0.6) is 0 Å². The minimum absolute atomic E-state index is 0.0652. The molecule has 2 fully saturated rings. The summed E-state index contributed by atoms with van der Waals surface area (Å²) in [5, 5.41) is 29.0. The van der Waals surface area contributed by atoms with Gasteiger partial charge in [0.15, 0.2) is 0 Å². The van der Waals surface area contributed by atoms with Crippen LogP contribution < -0.4 is 0 Å². The van der Waals surface area contributed by atoms with E-state index in [0.29, 0.717) is 38.0 Å². The van der Waals surface area contributed by atoms with Crippen LogP contribution in [0.15, 0.2) is 11.5 Å². The van der Waals surface area contributed by atoms with Crippen LogP contribution in [0.2, 0.25) is 0 Å². The Bertz CT molecular complexity index is 505. The molecule has 5 nitrogen and oxygen atoms in total. The van der Waals surface area contributed by atoms with Crippen LogP contribution in [0.3, 0.4) is 0 Å². The summed E-state index contributed by atoms with van der Waals surface area (Å²) in [6.45, 7) is 6.55. The second-order valence-corrected chi connectivity index (χ2v) is 8.03. The van der Waals surface area contributed by atoms with Gasteiger partial charge >= 0.3 is 6.18 Å². The van der Waals surface area contributed by atoms with Crippen molar-refractivity contribution in [1.82, 2.24) is 4.90 Å². The highest BCUT2D eigenvalue weighted by Gasteiger charge is 2.47. The fourth-order valence-corrected chi connectivity index (χ4v) is 4.38. The van der Waals surface area contributed by atoms with Gasteiger partial charge in [-0.3, -0.25) is 4.90 Å². The van der Waals surface area contributed by atoms with E-state index < -0.39 is 24.4 Å². The second kappa shape index (κ2) is 8.35. The Morgan fingerprint density at radius 1 is 1.31 bits per heavy atom. The Morgan fingerprint density at radius 2 is 1.96 bits per heavy atom. The molecule has 1 saturated heterocycles. The van der Waals surface area contributed by atoms with Gasteiger partial charge in [0.2, 0.25) is 6.23 Å². The van der Waals surface area contributed by atoms with E-state index in [9.17, 15) is 28.5 Å².